The first-order chi connectivity index (χ1) is 8.27. The fraction of sp³-hybridized carbons (Fsp3) is 0.562. The van der Waals surface area contributed by atoms with Crippen molar-refractivity contribution in [3.63, 3.8) is 0 Å². The molecule has 0 bridgehead atoms. The van der Waals surface area contributed by atoms with Gasteiger partial charge in [0.15, 0.2) is 5.78 Å². The highest BCUT2D eigenvalue weighted by atomic mass is 16.5. The maximum Gasteiger partial charge on any atom is 0.192 e. The monoisotopic (exact) mass is 248 g/mol. The van der Waals surface area contributed by atoms with Gasteiger partial charge in [0.1, 0.15) is 6.10 Å². The standard InChI is InChI=1S/C16H24O2/c1-11(2)12-7-9-13(10-8-12)14(17)15(18-6)16(3,4)5/h7-11,15H,1-6H3. The van der Waals surface area contributed by atoms with E-state index in [-0.39, 0.29) is 11.2 Å². The summed E-state index contributed by atoms with van der Waals surface area (Å²) in [6.45, 7) is 10.3. The highest BCUT2D eigenvalue weighted by Gasteiger charge is 2.31. The SMILES string of the molecule is COC(C(=O)c1ccc(C(C)C)cc1)C(C)(C)C. The predicted molar refractivity (Wildman–Crippen MR) is 75.1 cm³/mol. The van der Waals surface area contributed by atoms with Crippen LogP contribution in [0.25, 0.3) is 0 Å². The number of carbonyl (C=O) groups excluding carboxylic acids is 1. The number of carbonyl (C=O) groups is 1. The number of ether oxygens (including phenoxy) is 1. The van der Waals surface area contributed by atoms with Gasteiger partial charge in [-0.3, -0.25) is 4.79 Å². The third-order valence-corrected chi connectivity index (χ3v) is 3.12. The molecule has 2 nitrogen and oxygen atoms in total. The van der Waals surface area contributed by atoms with Gasteiger partial charge in [0.2, 0.25) is 0 Å². The predicted octanol–water partition coefficient (Wildman–Crippen LogP) is 4.05. The first-order valence-electron chi connectivity index (χ1n) is 6.44. The molecule has 0 spiro atoms. The van der Waals surface area contributed by atoms with Gasteiger partial charge in [-0.25, -0.2) is 0 Å². The summed E-state index contributed by atoms with van der Waals surface area (Å²) in [6.07, 6.45) is -0.401. The topological polar surface area (TPSA) is 26.3 Å². The zero-order chi connectivity index (χ0) is 13.9. The molecule has 1 unspecified atom stereocenters. The van der Waals surface area contributed by atoms with E-state index >= 15 is 0 Å². The van der Waals surface area contributed by atoms with Gasteiger partial charge in [0.05, 0.1) is 0 Å². The Hall–Kier alpha value is -1.15. The number of Topliss-reactive ketones (excluding diaryl/α,β-unsaturated/α-hetero) is 1. The lowest BCUT2D eigenvalue weighted by atomic mass is 9.84. The van der Waals surface area contributed by atoms with Crippen molar-refractivity contribution in [2.24, 2.45) is 5.41 Å². The molecule has 1 aromatic rings. The normalized spacial score (nSPS) is 13.7. The second-order valence-corrected chi connectivity index (χ2v) is 6.12. The maximum absolute atomic E-state index is 12.4. The van der Waals surface area contributed by atoms with Gasteiger partial charge in [-0.1, -0.05) is 58.9 Å². The summed E-state index contributed by atoms with van der Waals surface area (Å²) >= 11 is 0. The molecule has 0 saturated carbocycles. The van der Waals surface area contributed by atoms with Crippen LogP contribution in [0, 0.1) is 5.41 Å². The van der Waals surface area contributed by atoms with E-state index in [9.17, 15) is 4.79 Å². The quantitative estimate of drug-likeness (QED) is 0.751. The highest BCUT2D eigenvalue weighted by molar-refractivity contribution is 6.00. The van der Waals surface area contributed by atoms with Crippen LogP contribution in [0.4, 0.5) is 0 Å². The lowest BCUT2D eigenvalue weighted by Gasteiger charge is -2.28. The summed E-state index contributed by atoms with van der Waals surface area (Å²) in [4.78, 5) is 12.4. The van der Waals surface area contributed by atoms with Crippen LogP contribution in [0.3, 0.4) is 0 Å². The van der Waals surface area contributed by atoms with Crippen molar-refractivity contribution in [2.45, 2.75) is 46.6 Å². The van der Waals surface area contributed by atoms with Crippen LogP contribution in [-0.2, 0) is 4.74 Å². The molecule has 0 aliphatic rings. The van der Waals surface area contributed by atoms with Gasteiger partial charge in [0.25, 0.3) is 0 Å². The van der Waals surface area contributed by atoms with E-state index in [1.807, 2.05) is 45.0 Å². The minimum Gasteiger partial charge on any atom is -0.373 e. The first-order valence-corrected chi connectivity index (χ1v) is 6.44. The van der Waals surface area contributed by atoms with Gasteiger partial charge in [-0.05, 0) is 16.9 Å². The van der Waals surface area contributed by atoms with Gasteiger partial charge in [-0.2, -0.15) is 0 Å². The Bertz CT molecular complexity index is 396. The molecule has 100 valence electrons. The zero-order valence-corrected chi connectivity index (χ0v) is 12.3. The average Bonchev–Trinajstić information content (AvgIpc) is 2.28. The van der Waals surface area contributed by atoms with Crippen LogP contribution < -0.4 is 0 Å². The average molecular weight is 248 g/mol. The van der Waals surface area contributed by atoms with Crippen molar-refractivity contribution in [2.75, 3.05) is 7.11 Å². The molecule has 0 aliphatic heterocycles. The van der Waals surface area contributed by atoms with Crippen molar-refractivity contribution in [3.8, 4) is 0 Å². The molecule has 1 atom stereocenters. The molecule has 1 aromatic carbocycles. The van der Waals surface area contributed by atoms with E-state index in [0.717, 1.165) is 5.56 Å². The highest BCUT2D eigenvalue weighted by Crippen LogP contribution is 2.25. The summed E-state index contributed by atoms with van der Waals surface area (Å²) < 4.78 is 5.36. The van der Waals surface area contributed by atoms with E-state index < -0.39 is 6.10 Å². The maximum atomic E-state index is 12.4. The van der Waals surface area contributed by atoms with Gasteiger partial charge in [-0.15, -0.1) is 0 Å². The minimum atomic E-state index is -0.401. The summed E-state index contributed by atoms with van der Waals surface area (Å²) in [6, 6.07) is 7.84. The molecule has 1 rings (SSSR count). The Morgan fingerprint density at radius 3 is 1.94 bits per heavy atom. The number of benzene rings is 1. The van der Waals surface area contributed by atoms with Crippen LogP contribution in [0.15, 0.2) is 24.3 Å². The Morgan fingerprint density at radius 1 is 1.11 bits per heavy atom. The van der Waals surface area contributed by atoms with Gasteiger partial charge >= 0.3 is 0 Å². The fourth-order valence-electron chi connectivity index (χ4n) is 2.04. The molecule has 0 fully saturated rings. The minimum absolute atomic E-state index is 0.0558. The molecule has 0 N–H and O–H groups in total. The summed E-state index contributed by atoms with van der Waals surface area (Å²) in [5, 5.41) is 0. The molecule has 2 heteroatoms. The molecule has 0 aliphatic carbocycles. The largest absolute Gasteiger partial charge is 0.373 e. The number of ketones is 1. The van der Waals surface area contributed by atoms with E-state index in [0.29, 0.717) is 5.92 Å². The van der Waals surface area contributed by atoms with Crippen LogP contribution in [0.1, 0.15) is 56.5 Å². The van der Waals surface area contributed by atoms with Crippen molar-refractivity contribution < 1.29 is 9.53 Å². The Labute approximate surface area is 110 Å². The lowest BCUT2D eigenvalue weighted by molar-refractivity contribution is 0.0196. The third kappa shape index (κ3) is 3.42. The van der Waals surface area contributed by atoms with Crippen LogP contribution in [0.5, 0.6) is 0 Å². The lowest BCUT2D eigenvalue weighted by Crippen LogP contribution is -2.36. The van der Waals surface area contributed by atoms with Crippen molar-refractivity contribution in [1.82, 2.24) is 0 Å². The second-order valence-electron chi connectivity index (χ2n) is 6.12. The molecule has 0 saturated heterocycles. The van der Waals surface area contributed by atoms with Crippen LogP contribution in [0.2, 0.25) is 0 Å². The van der Waals surface area contributed by atoms with E-state index in [1.54, 1.807) is 7.11 Å². The Morgan fingerprint density at radius 2 is 1.61 bits per heavy atom. The molecule has 0 radical (unpaired) electrons. The zero-order valence-electron chi connectivity index (χ0n) is 12.3. The molecular weight excluding hydrogens is 224 g/mol. The van der Waals surface area contributed by atoms with Crippen molar-refractivity contribution in [3.05, 3.63) is 35.4 Å². The number of hydrogen-bond donors (Lipinski definition) is 0. The molecule has 0 amide bonds. The van der Waals surface area contributed by atoms with E-state index in [1.165, 1.54) is 5.56 Å². The Kier molecular flexibility index (Phi) is 4.69. The second kappa shape index (κ2) is 5.66. The molecule has 18 heavy (non-hydrogen) atoms. The van der Waals surface area contributed by atoms with E-state index in [2.05, 4.69) is 13.8 Å². The number of rotatable bonds is 4. The summed E-state index contributed by atoms with van der Waals surface area (Å²) in [5.41, 5.74) is 1.78. The summed E-state index contributed by atoms with van der Waals surface area (Å²) in [7, 11) is 1.59. The van der Waals surface area contributed by atoms with Crippen LogP contribution >= 0.6 is 0 Å². The smallest absolute Gasteiger partial charge is 0.192 e. The van der Waals surface area contributed by atoms with E-state index in [4.69, 9.17) is 4.74 Å². The number of hydrogen-bond acceptors (Lipinski definition) is 2. The summed E-state index contributed by atoms with van der Waals surface area (Å²) in [5.74, 6) is 0.537. The van der Waals surface area contributed by atoms with Gasteiger partial charge < -0.3 is 4.74 Å². The molecule has 0 aromatic heterocycles. The number of methoxy groups -OCH3 is 1. The van der Waals surface area contributed by atoms with Crippen molar-refractivity contribution >= 4 is 5.78 Å². The van der Waals surface area contributed by atoms with Gasteiger partial charge in [0, 0.05) is 12.7 Å². The Balaban J connectivity index is 2.96. The first kappa shape index (κ1) is 14.9. The molecular formula is C16H24O2. The molecule has 0 heterocycles. The third-order valence-electron chi connectivity index (χ3n) is 3.12. The van der Waals surface area contributed by atoms with Crippen molar-refractivity contribution in [1.29, 1.82) is 0 Å². The fourth-order valence-corrected chi connectivity index (χ4v) is 2.04. The van der Waals surface area contributed by atoms with Crippen LogP contribution in [-0.4, -0.2) is 19.0 Å².